The van der Waals surface area contributed by atoms with E-state index < -0.39 is 0 Å². The van der Waals surface area contributed by atoms with Crippen molar-refractivity contribution in [3.63, 3.8) is 0 Å². The highest BCUT2D eigenvalue weighted by Gasteiger charge is 2.10. The van der Waals surface area contributed by atoms with E-state index in [1.807, 2.05) is 24.3 Å². The monoisotopic (exact) mass is 263 g/mol. The van der Waals surface area contributed by atoms with Crippen LogP contribution in [0.1, 0.15) is 35.2 Å². The quantitative estimate of drug-likeness (QED) is 0.922. The van der Waals surface area contributed by atoms with Crippen molar-refractivity contribution in [3.8, 4) is 6.07 Å². The molecule has 1 aliphatic carbocycles. The molecule has 0 bridgehead atoms. The highest BCUT2D eigenvalue weighted by Crippen LogP contribution is 2.21. The molecule has 2 aromatic rings. The van der Waals surface area contributed by atoms with Crippen LogP contribution in [0, 0.1) is 11.3 Å². The van der Waals surface area contributed by atoms with Crippen LogP contribution in [0.15, 0.2) is 36.4 Å². The number of aryl methyl sites for hydroxylation is 2. The molecule has 0 saturated heterocycles. The van der Waals surface area contributed by atoms with Gasteiger partial charge in [0.25, 0.3) is 0 Å². The molecule has 0 spiro atoms. The van der Waals surface area contributed by atoms with Crippen molar-refractivity contribution < 1.29 is 0 Å². The highest BCUT2D eigenvalue weighted by molar-refractivity contribution is 5.41. The van der Waals surface area contributed by atoms with E-state index in [0.717, 1.165) is 30.8 Å². The van der Waals surface area contributed by atoms with E-state index in [1.54, 1.807) is 0 Å². The van der Waals surface area contributed by atoms with Crippen LogP contribution in [0.2, 0.25) is 0 Å². The van der Waals surface area contributed by atoms with Gasteiger partial charge in [-0.3, -0.25) is 0 Å². The van der Waals surface area contributed by atoms with Gasteiger partial charge in [0.05, 0.1) is 11.6 Å². The van der Waals surface area contributed by atoms with Crippen molar-refractivity contribution in [2.75, 3.05) is 5.32 Å². The first kappa shape index (κ1) is 12.7. The van der Waals surface area contributed by atoms with Crippen LogP contribution >= 0.6 is 0 Å². The van der Waals surface area contributed by atoms with Crippen molar-refractivity contribution >= 4 is 5.82 Å². The Bertz CT molecular complexity index is 638. The largest absolute Gasteiger partial charge is 0.366 e. The minimum absolute atomic E-state index is 0.695. The van der Waals surface area contributed by atoms with Crippen LogP contribution in [0.3, 0.4) is 0 Å². The maximum Gasteiger partial charge on any atom is 0.126 e. The second-order valence-electron chi connectivity index (χ2n) is 5.17. The number of nitriles is 1. The second kappa shape index (κ2) is 5.75. The van der Waals surface area contributed by atoms with Gasteiger partial charge in [-0.1, -0.05) is 18.2 Å². The van der Waals surface area contributed by atoms with Crippen LogP contribution < -0.4 is 5.32 Å². The molecule has 1 heterocycles. The molecule has 0 atom stereocenters. The summed E-state index contributed by atoms with van der Waals surface area (Å²) in [6.45, 7) is 0.734. The van der Waals surface area contributed by atoms with Gasteiger partial charge >= 0.3 is 0 Å². The fourth-order valence-electron chi connectivity index (χ4n) is 2.57. The smallest absolute Gasteiger partial charge is 0.126 e. The second-order valence-corrected chi connectivity index (χ2v) is 5.17. The van der Waals surface area contributed by atoms with Gasteiger partial charge in [0.2, 0.25) is 0 Å². The first-order valence-corrected chi connectivity index (χ1v) is 7.07. The van der Waals surface area contributed by atoms with Crippen molar-refractivity contribution in [3.05, 3.63) is 58.8 Å². The Morgan fingerprint density at radius 2 is 1.85 bits per heavy atom. The predicted molar refractivity (Wildman–Crippen MR) is 79.4 cm³/mol. The molecule has 0 radical (unpaired) electrons. The minimum atomic E-state index is 0.695. The predicted octanol–water partition coefficient (Wildman–Crippen LogP) is 3.44. The lowest BCUT2D eigenvalue weighted by Gasteiger charge is -2.16. The maximum absolute atomic E-state index is 8.77. The molecule has 1 aromatic carbocycles. The Morgan fingerprint density at radius 3 is 2.65 bits per heavy atom. The lowest BCUT2D eigenvalue weighted by atomic mass is 9.96. The van der Waals surface area contributed by atoms with E-state index in [-0.39, 0.29) is 0 Å². The Morgan fingerprint density at radius 1 is 1.05 bits per heavy atom. The number of nitrogens with one attached hydrogen (secondary N) is 1. The maximum atomic E-state index is 8.77. The summed E-state index contributed by atoms with van der Waals surface area (Å²) in [5.74, 6) is 0.940. The van der Waals surface area contributed by atoms with E-state index >= 15 is 0 Å². The molecule has 3 heteroatoms. The molecule has 0 unspecified atom stereocenters. The number of hydrogen-bond acceptors (Lipinski definition) is 3. The molecule has 100 valence electrons. The molecular formula is C17H17N3. The molecule has 1 aliphatic rings. The van der Waals surface area contributed by atoms with E-state index in [9.17, 15) is 0 Å². The van der Waals surface area contributed by atoms with Gasteiger partial charge in [0.1, 0.15) is 5.82 Å². The molecule has 20 heavy (non-hydrogen) atoms. The summed E-state index contributed by atoms with van der Waals surface area (Å²) in [4.78, 5) is 4.70. The number of rotatable bonds is 3. The summed E-state index contributed by atoms with van der Waals surface area (Å²) >= 11 is 0. The third-order valence-corrected chi connectivity index (χ3v) is 3.73. The van der Waals surface area contributed by atoms with Crippen LogP contribution in [0.25, 0.3) is 0 Å². The SMILES string of the molecule is N#Cc1ccc(CNc2ccc3c(n2)CCCC3)cc1. The zero-order valence-electron chi connectivity index (χ0n) is 11.4. The Balaban J connectivity index is 1.67. The van der Waals surface area contributed by atoms with Crippen LogP contribution in [-0.2, 0) is 19.4 Å². The zero-order valence-corrected chi connectivity index (χ0v) is 11.4. The Kier molecular flexibility index (Phi) is 3.64. The van der Waals surface area contributed by atoms with Gasteiger partial charge in [-0.15, -0.1) is 0 Å². The van der Waals surface area contributed by atoms with Gasteiger partial charge < -0.3 is 5.32 Å². The first-order chi connectivity index (χ1) is 9.85. The van der Waals surface area contributed by atoms with E-state index in [4.69, 9.17) is 10.2 Å². The molecule has 0 aliphatic heterocycles. The fraction of sp³-hybridized carbons (Fsp3) is 0.294. The van der Waals surface area contributed by atoms with E-state index in [2.05, 4.69) is 23.5 Å². The van der Waals surface area contributed by atoms with Crippen LogP contribution in [0.4, 0.5) is 5.82 Å². The lowest BCUT2D eigenvalue weighted by Crippen LogP contribution is -2.08. The molecule has 0 fully saturated rings. The van der Waals surface area contributed by atoms with Crippen LogP contribution in [0.5, 0.6) is 0 Å². The third kappa shape index (κ3) is 2.80. The first-order valence-electron chi connectivity index (χ1n) is 7.07. The van der Waals surface area contributed by atoms with Gasteiger partial charge in [-0.05, 0) is 55.0 Å². The van der Waals surface area contributed by atoms with Crippen LogP contribution in [-0.4, -0.2) is 4.98 Å². The lowest BCUT2D eigenvalue weighted by molar-refractivity contribution is 0.668. The van der Waals surface area contributed by atoms with E-state index in [1.165, 1.54) is 24.1 Å². The number of benzene rings is 1. The summed E-state index contributed by atoms with van der Waals surface area (Å²) in [5.41, 5.74) is 4.51. The molecule has 1 aromatic heterocycles. The molecule has 3 rings (SSSR count). The fourth-order valence-corrected chi connectivity index (χ4v) is 2.57. The standard InChI is InChI=1S/C17H17N3/c18-11-13-5-7-14(8-6-13)12-19-17-10-9-15-3-1-2-4-16(15)20-17/h5-10H,1-4,12H2,(H,19,20). The number of anilines is 1. The number of pyridine rings is 1. The van der Waals surface area contributed by atoms with Crippen molar-refractivity contribution in [2.24, 2.45) is 0 Å². The minimum Gasteiger partial charge on any atom is -0.366 e. The number of fused-ring (bicyclic) bond motifs is 1. The Labute approximate surface area is 119 Å². The molecule has 0 amide bonds. The van der Waals surface area contributed by atoms with Gasteiger partial charge in [0, 0.05) is 12.2 Å². The number of hydrogen-bond donors (Lipinski definition) is 1. The topological polar surface area (TPSA) is 48.7 Å². The van der Waals surface area contributed by atoms with Crippen molar-refractivity contribution in [2.45, 2.75) is 32.2 Å². The van der Waals surface area contributed by atoms with Crippen molar-refractivity contribution in [1.82, 2.24) is 4.98 Å². The normalized spacial score (nSPS) is 13.3. The summed E-state index contributed by atoms with van der Waals surface area (Å²) < 4.78 is 0. The summed E-state index contributed by atoms with van der Waals surface area (Å²) in [6.07, 6.45) is 4.80. The highest BCUT2D eigenvalue weighted by atomic mass is 15.0. The molecule has 1 N–H and O–H groups in total. The summed E-state index contributed by atoms with van der Waals surface area (Å²) in [5, 5.41) is 12.1. The average molecular weight is 263 g/mol. The van der Waals surface area contributed by atoms with E-state index in [0.29, 0.717) is 5.56 Å². The third-order valence-electron chi connectivity index (χ3n) is 3.73. The van der Waals surface area contributed by atoms with Crippen molar-refractivity contribution in [1.29, 1.82) is 5.26 Å². The molecular weight excluding hydrogens is 246 g/mol. The summed E-state index contributed by atoms with van der Waals surface area (Å²) in [7, 11) is 0. The number of aromatic nitrogens is 1. The number of nitrogens with zero attached hydrogens (tertiary/aromatic N) is 2. The molecule has 3 nitrogen and oxygen atoms in total. The van der Waals surface area contributed by atoms with Gasteiger partial charge in [-0.25, -0.2) is 4.98 Å². The van der Waals surface area contributed by atoms with Gasteiger partial charge in [0.15, 0.2) is 0 Å². The molecule has 0 saturated carbocycles. The Hall–Kier alpha value is -2.34. The zero-order chi connectivity index (χ0) is 13.8. The average Bonchev–Trinajstić information content (AvgIpc) is 2.53. The summed E-state index contributed by atoms with van der Waals surface area (Å²) in [6, 6.07) is 14.0. The van der Waals surface area contributed by atoms with Gasteiger partial charge in [-0.2, -0.15) is 5.26 Å².